The third-order valence-corrected chi connectivity index (χ3v) is 10.8. The highest BCUT2D eigenvalue weighted by molar-refractivity contribution is 6.67. The van der Waals surface area contributed by atoms with Crippen molar-refractivity contribution in [1.82, 2.24) is 0 Å². The Kier molecular flexibility index (Phi) is 2.48. The molecular weight excluding hydrogens is 414 g/mol. The molecule has 4 saturated carbocycles. The number of carbonyl (C=O) groups excluding carboxylic acids is 2. The number of hydrogen-bond acceptors (Lipinski definition) is 2. The molecule has 6 rings (SSSR count). The van der Waals surface area contributed by atoms with Crippen LogP contribution in [0.5, 0.6) is 0 Å². The van der Waals surface area contributed by atoms with Gasteiger partial charge < -0.3 is 0 Å². The van der Waals surface area contributed by atoms with E-state index < -0.39 is 47.8 Å². The zero-order valence-corrected chi connectivity index (χ0v) is 16.3. The maximum atomic E-state index is 13.7. The van der Waals surface area contributed by atoms with Gasteiger partial charge in [-0.15, -0.1) is 46.4 Å². The highest BCUT2D eigenvalue weighted by atomic mass is 35.5. The van der Waals surface area contributed by atoms with E-state index in [-0.39, 0.29) is 6.42 Å². The largest absolute Gasteiger partial charge is 0.296 e. The summed E-state index contributed by atoms with van der Waals surface area (Å²) in [6.07, 6.45) is 7.78. The van der Waals surface area contributed by atoms with Gasteiger partial charge in [0.15, 0.2) is 11.6 Å². The van der Waals surface area contributed by atoms with E-state index in [1.54, 1.807) is 0 Å². The van der Waals surface area contributed by atoms with Gasteiger partial charge >= 0.3 is 0 Å². The van der Waals surface area contributed by atoms with Gasteiger partial charge in [-0.25, -0.2) is 0 Å². The lowest BCUT2D eigenvalue weighted by Gasteiger charge is -2.68. The first kappa shape index (κ1) is 16.2. The Morgan fingerprint density at radius 1 is 0.885 bits per heavy atom. The van der Waals surface area contributed by atoms with E-state index in [0.717, 1.165) is 5.56 Å². The van der Waals surface area contributed by atoms with Gasteiger partial charge in [-0.1, -0.05) is 54.6 Å². The van der Waals surface area contributed by atoms with Gasteiger partial charge in [0.05, 0.1) is 0 Å². The van der Waals surface area contributed by atoms with Crippen molar-refractivity contribution in [1.29, 1.82) is 0 Å². The van der Waals surface area contributed by atoms with Gasteiger partial charge in [-0.3, -0.25) is 9.59 Å². The molecule has 26 heavy (non-hydrogen) atoms. The number of fused-ring (bicyclic) bond motifs is 1. The van der Waals surface area contributed by atoms with Crippen molar-refractivity contribution in [2.75, 3.05) is 0 Å². The van der Waals surface area contributed by atoms with Crippen LogP contribution in [0.1, 0.15) is 12.0 Å². The summed E-state index contributed by atoms with van der Waals surface area (Å²) >= 11 is 27.8. The molecule has 0 radical (unpaired) electrons. The number of hydrogen-bond donors (Lipinski definition) is 0. The van der Waals surface area contributed by atoms with E-state index in [1.165, 1.54) is 0 Å². The van der Waals surface area contributed by atoms with Crippen molar-refractivity contribution in [3.63, 3.8) is 0 Å². The van der Waals surface area contributed by atoms with E-state index in [2.05, 4.69) is 0 Å². The maximum Gasteiger partial charge on any atom is 0.181 e. The number of carbonyl (C=O) groups is 2. The van der Waals surface area contributed by atoms with Gasteiger partial charge in [0.25, 0.3) is 0 Å². The fourth-order valence-electron chi connectivity index (χ4n) is 6.87. The van der Waals surface area contributed by atoms with Crippen LogP contribution in [0.4, 0.5) is 0 Å². The molecule has 0 N–H and O–H groups in total. The average Bonchev–Trinajstić information content (AvgIpc) is 2.74. The molecule has 1 aromatic rings. The van der Waals surface area contributed by atoms with Crippen LogP contribution in [0.2, 0.25) is 0 Å². The van der Waals surface area contributed by atoms with Gasteiger partial charge in [0.2, 0.25) is 0 Å². The summed E-state index contributed by atoms with van der Waals surface area (Å²) in [6.45, 7) is 0. The number of rotatable bonds is 1. The van der Waals surface area contributed by atoms with Gasteiger partial charge in [-0.05, 0) is 12.0 Å². The molecule has 132 valence electrons. The van der Waals surface area contributed by atoms with E-state index in [0.29, 0.717) is 0 Å². The summed E-state index contributed by atoms with van der Waals surface area (Å²) in [6, 6.07) is 9.57. The molecule has 0 unspecified atom stereocenters. The minimum Gasteiger partial charge on any atom is -0.296 e. The highest BCUT2D eigenvalue weighted by Gasteiger charge is 3.07. The van der Waals surface area contributed by atoms with E-state index in [9.17, 15) is 9.59 Å². The van der Waals surface area contributed by atoms with Gasteiger partial charge in [-0.2, -0.15) is 0 Å². The molecule has 2 bridgehead atoms. The molecule has 2 nitrogen and oxygen atoms in total. The number of ketones is 2. The Labute approximate surface area is 170 Å². The predicted octanol–water partition coefficient (Wildman–Crippen LogP) is 4.15. The summed E-state index contributed by atoms with van der Waals surface area (Å²) in [5.41, 5.74) is -0.872. The summed E-state index contributed by atoms with van der Waals surface area (Å²) in [5.74, 6) is -1.26. The van der Waals surface area contributed by atoms with Crippen molar-refractivity contribution >= 4 is 58.0 Å². The molecule has 1 spiro atoms. The molecule has 0 amide bonds. The predicted molar refractivity (Wildman–Crippen MR) is 101 cm³/mol. The van der Waals surface area contributed by atoms with Crippen LogP contribution in [0, 0.1) is 11.3 Å². The lowest BCUT2D eigenvalue weighted by Crippen LogP contribution is -2.83. The van der Waals surface area contributed by atoms with Crippen LogP contribution < -0.4 is 0 Å². The quantitative estimate of drug-likeness (QED) is 0.633. The SMILES string of the molecule is O=C1[C@@]2(Cl)[C@]3(c4ccccc4)C[C@@]2(Cl)C(=O)[C@@]2(Cl)[C@@H]4C=CC=C[C@]43[C@@]12Cl. The van der Waals surface area contributed by atoms with Crippen LogP contribution in [-0.2, 0) is 15.0 Å². The first-order chi connectivity index (χ1) is 12.2. The number of Topliss-reactive ketones (excluding diaryl/α,β-unsaturated/α-hetero) is 2. The van der Waals surface area contributed by atoms with Crippen molar-refractivity contribution in [3.8, 4) is 0 Å². The zero-order valence-electron chi connectivity index (χ0n) is 13.3. The lowest BCUT2D eigenvalue weighted by molar-refractivity contribution is -0.147. The fourth-order valence-corrected chi connectivity index (χ4v) is 9.53. The normalized spacial score (nSPS) is 57.5. The number of allylic oxidation sites excluding steroid dienone is 4. The smallest absolute Gasteiger partial charge is 0.181 e. The van der Waals surface area contributed by atoms with Crippen LogP contribution in [0.3, 0.4) is 0 Å². The van der Waals surface area contributed by atoms with E-state index >= 15 is 0 Å². The minimum atomic E-state index is -1.61. The Bertz CT molecular complexity index is 1000. The van der Waals surface area contributed by atoms with Crippen molar-refractivity contribution in [2.45, 2.75) is 31.3 Å². The first-order valence-corrected chi connectivity index (χ1v) is 9.99. The third-order valence-electron chi connectivity index (χ3n) is 7.70. The molecule has 1 aromatic carbocycles. The standard InChI is InChI=1S/C20H12Cl4O2/c21-17-10-16(11-6-2-1-3-7-11)15-9-5-4-8-12(15)18(22,13(17)25)20(15,24)14(26)19(16,17)23/h1-9,12H,10H2/t12-,15+,16+,17-,18+,19-,20+/m1/s1. The molecule has 5 aliphatic carbocycles. The van der Waals surface area contributed by atoms with Crippen molar-refractivity contribution < 1.29 is 9.59 Å². The summed E-state index contributed by atoms with van der Waals surface area (Å²) in [5, 5.41) is 0. The fraction of sp³-hybridized carbons (Fsp3) is 0.400. The Morgan fingerprint density at radius 3 is 2.27 bits per heavy atom. The topological polar surface area (TPSA) is 34.1 Å². The Hall–Kier alpha value is -0.800. The monoisotopic (exact) mass is 424 g/mol. The van der Waals surface area contributed by atoms with Crippen LogP contribution >= 0.6 is 46.4 Å². The second-order valence-electron chi connectivity index (χ2n) is 8.03. The van der Waals surface area contributed by atoms with Crippen molar-refractivity contribution in [3.05, 3.63) is 60.2 Å². The molecule has 0 aliphatic heterocycles. The zero-order chi connectivity index (χ0) is 18.4. The summed E-state index contributed by atoms with van der Waals surface area (Å²) < 4.78 is 0. The van der Waals surface area contributed by atoms with Crippen molar-refractivity contribution in [2.24, 2.45) is 11.3 Å². The second-order valence-corrected chi connectivity index (χ2v) is 10.4. The van der Waals surface area contributed by atoms with E-state index in [4.69, 9.17) is 46.4 Å². The molecular formula is C20H12Cl4O2. The molecule has 0 aromatic heterocycles. The molecule has 0 saturated heterocycles. The molecule has 4 fully saturated rings. The Morgan fingerprint density at radius 2 is 1.58 bits per heavy atom. The molecule has 7 atom stereocenters. The summed E-state index contributed by atoms with van der Waals surface area (Å²) in [7, 11) is 0. The van der Waals surface area contributed by atoms with Gasteiger partial charge in [0, 0.05) is 16.7 Å². The number of alkyl halides is 4. The van der Waals surface area contributed by atoms with Crippen LogP contribution in [0.25, 0.3) is 0 Å². The van der Waals surface area contributed by atoms with Crippen LogP contribution in [-0.4, -0.2) is 31.1 Å². The van der Waals surface area contributed by atoms with Gasteiger partial charge in [0.1, 0.15) is 19.5 Å². The maximum absolute atomic E-state index is 13.7. The molecule has 5 aliphatic rings. The first-order valence-electron chi connectivity index (χ1n) is 8.48. The third kappa shape index (κ3) is 0.977. The van der Waals surface area contributed by atoms with E-state index in [1.807, 2.05) is 54.6 Å². The average molecular weight is 426 g/mol. The Balaban J connectivity index is 1.81. The number of halogens is 4. The van der Waals surface area contributed by atoms with Crippen LogP contribution in [0.15, 0.2) is 54.6 Å². The minimum absolute atomic E-state index is 0.247. The second kappa shape index (κ2) is 3.98. The molecule has 0 heterocycles. The summed E-state index contributed by atoms with van der Waals surface area (Å²) in [4.78, 5) is 20.8. The molecule has 6 heteroatoms. The number of benzene rings is 1. The lowest BCUT2D eigenvalue weighted by atomic mass is 9.38. The highest BCUT2D eigenvalue weighted by Crippen LogP contribution is 2.93.